The number of aliphatic hydroxyl groups is 2. The number of hydrogen-bond donors (Lipinski definition) is 2. The number of hydrogen-bond acceptors (Lipinski definition) is 7. The molecule has 5 atom stereocenters. The van der Waals surface area contributed by atoms with E-state index in [1.165, 1.54) is 12.8 Å². The second kappa shape index (κ2) is 10.6. The molecule has 0 amide bonds. The van der Waals surface area contributed by atoms with Crippen LogP contribution in [0.15, 0.2) is 36.4 Å². The molecule has 0 aromatic heterocycles. The van der Waals surface area contributed by atoms with E-state index in [1.54, 1.807) is 14.2 Å². The molecule has 7 nitrogen and oxygen atoms in total. The summed E-state index contributed by atoms with van der Waals surface area (Å²) in [6.07, 6.45) is 4.30. The minimum absolute atomic E-state index is 0.232. The molecule has 3 aliphatic rings. The lowest BCUT2D eigenvalue weighted by molar-refractivity contribution is -0.0888. The van der Waals surface area contributed by atoms with Gasteiger partial charge in [-0.2, -0.15) is 0 Å². The van der Waals surface area contributed by atoms with E-state index in [2.05, 4.69) is 0 Å². The molecule has 1 fully saturated rings. The minimum Gasteiger partial charge on any atom is -0.497 e. The van der Waals surface area contributed by atoms with Gasteiger partial charge in [0.05, 0.1) is 32.0 Å². The van der Waals surface area contributed by atoms with Crippen molar-refractivity contribution in [2.45, 2.75) is 62.9 Å². The molecular formula is C28H36O7. The molecule has 2 heterocycles. The van der Waals surface area contributed by atoms with Crippen LogP contribution in [0.4, 0.5) is 0 Å². The average Bonchev–Trinajstić information content (AvgIpc) is 3.38. The third-order valence-corrected chi connectivity index (χ3v) is 7.68. The molecule has 2 N–H and O–H groups in total. The van der Waals surface area contributed by atoms with Gasteiger partial charge >= 0.3 is 0 Å². The number of ether oxygens (including phenoxy) is 5. The first-order chi connectivity index (χ1) is 17.1. The topological polar surface area (TPSA) is 86.6 Å². The Kier molecular flexibility index (Phi) is 7.37. The smallest absolute Gasteiger partial charge is 0.125 e. The van der Waals surface area contributed by atoms with Gasteiger partial charge in [-0.15, -0.1) is 0 Å². The van der Waals surface area contributed by atoms with Crippen molar-refractivity contribution in [3.05, 3.63) is 47.5 Å². The van der Waals surface area contributed by atoms with E-state index in [1.807, 2.05) is 36.4 Å². The normalized spacial score (nSPS) is 27.9. The number of methoxy groups -OCH3 is 2. The second-order valence-electron chi connectivity index (χ2n) is 9.86. The van der Waals surface area contributed by atoms with Gasteiger partial charge in [-0.3, -0.25) is 0 Å². The van der Waals surface area contributed by atoms with Crippen molar-refractivity contribution in [3.63, 3.8) is 0 Å². The third kappa shape index (κ3) is 4.95. The van der Waals surface area contributed by atoms with Crippen molar-refractivity contribution < 1.29 is 33.9 Å². The summed E-state index contributed by atoms with van der Waals surface area (Å²) in [6.45, 7) is 0.898. The molecule has 0 unspecified atom stereocenters. The van der Waals surface area contributed by atoms with Gasteiger partial charge in [0, 0.05) is 36.7 Å². The van der Waals surface area contributed by atoms with Gasteiger partial charge in [0.15, 0.2) is 0 Å². The third-order valence-electron chi connectivity index (χ3n) is 7.68. The molecule has 1 aliphatic carbocycles. The zero-order valence-corrected chi connectivity index (χ0v) is 20.5. The number of benzene rings is 2. The van der Waals surface area contributed by atoms with Crippen molar-refractivity contribution in [1.82, 2.24) is 0 Å². The van der Waals surface area contributed by atoms with Crippen LogP contribution in [0.25, 0.3) is 0 Å². The van der Waals surface area contributed by atoms with E-state index >= 15 is 0 Å². The predicted molar refractivity (Wildman–Crippen MR) is 130 cm³/mol. The zero-order chi connectivity index (χ0) is 24.4. The molecule has 2 aliphatic heterocycles. The molecule has 0 saturated heterocycles. The summed E-state index contributed by atoms with van der Waals surface area (Å²) in [5, 5.41) is 23.1. The summed E-state index contributed by atoms with van der Waals surface area (Å²) in [4.78, 5) is 0. The maximum Gasteiger partial charge on any atom is 0.125 e. The molecule has 7 heteroatoms. The van der Waals surface area contributed by atoms with E-state index in [4.69, 9.17) is 23.7 Å². The SMILES string of the molecule is COCCC[C@H]1Oc2ccc(OC)cc2[C@H](O)[C@@H]1[C@H]1COc2ccc(OC3CCCC3)cc2[C@H]1O. The van der Waals surface area contributed by atoms with Crippen LogP contribution >= 0.6 is 0 Å². The molecule has 0 bridgehead atoms. The molecule has 0 spiro atoms. The first kappa shape index (κ1) is 24.2. The van der Waals surface area contributed by atoms with Crippen LogP contribution in [-0.4, -0.2) is 49.9 Å². The van der Waals surface area contributed by atoms with Crippen LogP contribution in [0, 0.1) is 11.8 Å². The van der Waals surface area contributed by atoms with Crippen LogP contribution in [0.3, 0.4) is 0 Å². The Morgan fingerprint density at radius 2 is 1.63 bits per heavy atom. The number of rotatable bonds is 8. The lowest BCUT2D eigenvalue weighted by Gasteiger charge is -2.44. The van der Waals surface area contributed by atoms with Crippen molar-refractivity contribution in [1.29, 1.82) is 0 Å². The highest BCUT2D eigenvalue weighted by atomic mass is 16.5. The van der Waals surface area contributed by atoms with Crippen molar-refractivity contribution in [2.75, 3.05) is 27.4 Å². The van der Waals surface area contributed by atoms with Crippen LogP contribution < -0.4 is 18.9 Å². The Morgan fingerprint density at radius 3 is 2.40 bits per heavy atom. The van der Waals surface area contributed by atoms with Crippen LogP contribution in [0.2, 0.25) is 0 Å². The zero-order valence-electron chi connectivity index (χ0n) is 20.5. The number of fused-ring (bicyclic) bond motifs is 2. The lowest BCUT2D eigenvalue weighted by atomic mass is 9.73. The predicted octanol–water partition coefficient (Wildman–Crippen LogP) is 4.60. The summed E-state index contributed by atoms with van der Waals surface area (Å²) in [6, 6.07) is 11.2. The van der Waals surface area contributed by atoms with Gasteiger partial charge in [-0.25, -0.2) is 0 Å². The molecule has 0 radical (unpaired) electrons. The second-order valence-corrected chi connectivity index (χ2v) is 9.86. The highest BCUT2D eigenvalue weighted by Gasteiger charge is 2.47. The van der Waals surface area contributed by atoms with Crippen LogP contribution in [-0.2, 0) is 4.74 Å². The van der Waals surface area contributed by atoms with E-state index in [-0.39, 0.29) is 24.0 Å². The maximum atomic E-state index is 11.6. The van der Waals surface area contributed by atoms with Gasteiger partial charge in [-0.1, -0.05) is 0 Å². The molecule has 190 valence electrons. The first-order valence-electron chi connectivity index (χ1n) is 12.7. The van der Waals surface area contributed by atoms with Crippen molar-refractivity contribution in [2.24, 2.45) is 11.8 Å². The molecule has 1 saturated carbocycles. The van der Waals surface area contributed by atoms with E-state index in [0.717, 1.165) is 25.0 Å². The van der Waals surface area contributed by atoms with Crippen LogP contribution in [0.5, 0.6) is 23.0 Å². The fourth-order valence-electron chi connectivity index (χ4n) is 5.82. The molecular weight excluding hydrogens is 448 g/mol. The lowest BCUT2D eigenvalue weighted by Crippen LogP contribution is -2.45. The van der Waals surface area contributed by atoms with Gasteiger partial charge in [-0.05, 0) is 74.9 Å². The van der Waals surface area contributed by atoms with E-state index < -0.39 is 12.2 Å². The number of aliphatic hydroxyl groups excluding tert-OH is 2. The van der Waals surface area contributed by atoms with Crippen molar-refractivity contribution in [3.8, 4) is 23.0 Å². The molecule has 35 heavy (non-hydrogen) atoms. The standard InChI is InChI=1S/C28H36O7/c1-31-13-5-8-25-26(28(30)21-14-18(32-2)9-12-24(21)35-25)22-16-33-23-11-10-19(15-20(23)27(22)29)34-17-6-3-4-7-17/h9-12,14-15,17,22,25-30H,3-8,13,16H2,1-2H3/t22-,25-,26-,27-,28+/m1/s1. The van der Waals surface area contributed by atoms with Gasteiger partial charge < -0.3 is 33.9 Å². The Hall–Kier alpha value is -2.48. The minimum atomic E-state index is -0.830. The van der Waals surface area contributed by atoms with Crippen LogP contribution in [0.1, 0.15) is 61.9 Å². The summed E-state index contributed by atoms with van der Waals surface area (Å²) in [7, 11) is 3.28. The van der Waals surface area contributed by atoms with E-state index in [0.29, 0.717) is 48.0 Å². The quantitative estimate of drug-likeness (QED) is 0.530. The summed E-state index contributed by atoms with van der Waals surface area (Å²) in [5.41, 5.74) is 1.38. The Balaban J connectivity index is 1.43. The summed E-state index contributed by atoms with van der Waals surface area (Å²) in [5.74, 6) is 2.00. The van der Waals surface area contributed by atoms with Crippen molar-refractivity contribution >= 4 is 0 Å². The fourth-order valence-corrected chi connectivity index (χ4v) is 5.82. The highest BCUT2D eigenvalue weighted by Crippen LogP contribution is 2.50. The van der Waals surface area contributed by atoms with Gasteiger partial charge in [0.2, 0.25) is 0 Å². The molecule has 2 aromatic rings. The summed E-state index contributed by atoms with van der Waals surface area (Å²) >= 11 is 0. The maximum absolute atomic E-state index is 11.6. The Labute approximate surface area is 206 Å². The highest BCUT2D eigenvalue weighted by molar-refractivity contribution is 5.46. The molecule has 5 rings (SSSR count). The van der Waals surface area contributed by atoms with Gasteiger partial charge in [0.1, 0.15) is 29.1 Å². The molecule has 2 aromatic carbocycles. The Morgan fingerprint density at radius 1 is 0.914 bits per heavy atom. The van der Waals surface area contributed by atoms with Gasteiger partial charge in [0.25, 0.3) is 0 Å². The first-order valence-corrected chi connectivity index (χ1v) is 12.7. The fraction of sp³-hybridized carbons (Fsp3) is 0.571. The Bertz CT molecular complexity index is 1000. The largest absolute Gasteiger partial charge is 0.497 e. The monoisotopic (exact) mass is 484 g/mol. The average molecular weight is 485 g/mol. The summed E-state index contributed by atoms with van der Waals surface area (Å²) < 4.78 is 29.3. The van der Waals surface area contributed by atoms with E-state index in [9.17, 15) is 10.2 Å².